The molecule has 3 heterocycles. The molecule has 4 rings (SSSR count). The first kappa shape index (κ1) is 26.1. The van der Waals surface area contributed by atoms with Gasteiger partial charge >= 0.3 is 7.41 Å². The Labute approximate surface area is 216 Å². The summed E-state index contributed by atoms with van der Waals surface area (Å²) in [5.74, 6) is 0.729. The summed E-state index contributed by atoms with van der Waals surface area (Å²) in [6.45, 7) is 6.86. The highest BCUT2D eigenvalue weighted by Crippen LogP contribution is 2.44. The zero-order valence-corrected chi connectivity index (χ0v) is 21.0. The molecule has 37 heavy (non-hydrogen) atoms. The van der Waals surface area contributed by atoms with E-state index in [4.69, 9.17) is 9.47 Å². The Hall–Kier alpha value is -4.01. The van der Waals surface area contributed by atoms with Crippen molar-refractivity contribution < 1.29 is 19.4 Å². The van der Waals surface area contributed by atoms with E-state index < -0.39 is 5.41 Å². The molecular weight excluding hydrogens is 471 g/mol. The largest absolute Gasteiger partial charge is 0.474 e. The van der Waals surface area contributed by atoms with E-state index in [-0.39, 0.29) is 12.7 Å². The number of hydrogen-bond acceptors (Lipinski definition) is 10. The molecule has 11 heteroatoms. The summed E-state index contributed by atoms with van der Waals surface area (Å²) in [6.07, 6.45) is 4.05. The zero-order valence-electron chi connectivity index (χ0n) is 21.0. The van der Waals surface area contributed by atoms with Crippen LogP contribution in [0.4, 0.5) is 17.3 Å². The van der Waals surface area contributed by atoms with Gasteiger partial charge in [0.25, 0.3) is 0 Å². The number of aliphatic hydroxyl groups is 1. The molecule has 1 aromatic carbocycles. The minimum Gasteiger partial charge on any atom is -0.474 e. The number of fused-ring (bicyclic) bond motifs is 1. The number of nitrogens with zero attached hydrogens (tertiary/aromatic N) is 5. The minimum absolute atomic E-state index is 0.114. The molecule has 0 fully saturated rings. The van der Waals surface area contributed by atoms with E-state index in [0.29, 0.717) is 66.0 Å². The number of ether oxygens (including phenoxy) is 2. The molecule has 2 aromatic heterocycles. The Morgan fingerprint density at radius 1 is 1.30 bits per heavy atom. The molecule has 3 aromatic rings. The molecule has 10 nitrogen and oxygen atoms in total. The lowest BCUT2D eigenvalue weighted by Crippen LogP contribution is -2.36. The van der Waals surface area contributed by atoms with Gasteiger partial charge in [0, 0.05) is 35.6 Å². The molecule has 1 radical (unpaired) electrons. The summed E-state index contributed by atoms with van der Waals surface area (Å²) in [7, 11) is 1.38. The Morgan fingerprint density at radius 2 is 2.14 bits per heavy atom. The number of aromatic nitrogens is 3. The molecule has 189 valence electrons. The number of rotatable bonds is 11. The third-order valence-electron chi connectivity index (χ3n) is 6.02. The van der Waals surface area contributed by atoms with Crippen molar-refractivity contribution in [1.29, 1.82) is 5.26 Å². The maximum absolute atomic E-state index is 11.2. The first-order valence-electron chi connectivity index (χ1n) is 11.9. The highest BCUT2D eigenvalue weighted by Gasteiger charge is 2.40. The van der Waals surface area contributed by atoms with Crippen LogP contribution >= 0.6 is 0 Å². The van der Waals surface area contributed by atoms with Gasteiger partial charge in [-0.25, -0.2) is 15.0 Å². The second kappa shape index (κ2) is 11.4. The number of carbonyl (C=O) groups excluding carboxylic acids is 1. The monoisotopic (exact) mass is 499 g/mol. The van der Waals surface area contributed by atoms with Crippen molar-refractivity contribution in [2.75, 3.05) is 36.5 Å². The SMILES string of the molecule is CC(C)OCCOc1ncccc1Nc1nccc(-c2cc(C#N)c3c(c2)[C@@](C)(CO)CN3[B]C=O)n1. The van der Waals surface area contributed by atoms with Crippen LogP contribution in [0.25, 0.3) is 11.3 Å². The van der Waals surface area contributed by atoms with E-state index >= 15 is 0 Å². The molecule has 0 saturated carbocycles. The topological polar surface area (TPSA) is 133 Å². The zero-order chi connectivity index (χ0) is 26.4. The van der Waals surface area contributed by atoms with Gasteiger partial charge in [-0.3, -0.25) is 0 Å². The van der Waals surface area contributed by atoms with Gasteiger partial charge in [0.05, 0.1) is 30.6 Å². The molecular formula is C26H28BN6O4. The Kier molecular flexibility index (Phi) is 8.01. The molecule has 0 aliphatic carbocycles. The van der Waals surface area contributed by atoms with E-state index in [1.54, 1.807) is 35.4 Å². The predicted molar refractivity (Wildman–Crippen MR) is 141 cm³/mol. The molecule has 1 aliphatic rings. The maximum atomic E-state index is 11.2. The Bertz CT molecular complexity index is 1310. The second-order valence-corrected chi connectivity index (χ2v) is 9.18. The highest BCUT2D eigenvalue weighted by molar-refractivity contribution is 6.70. The smallest absolute Gasteiger partial charge is 0.329 e. The number of nitrogens with one attached hydrogen (secondary N) is 1. The molecule has 1 atom stereocenters. The van der Waals surface area contributed by atoms with Gasteiger partial charge in [-0.15, -0.1) is 0 Å². The van der Waals surface area contributed by atoms with Crippen LogP contribution in [0.3, 0.4) is 0 Å². The quantitative estimate of drug-likeness (QED) is 0.230. The normalized spacial score (nSPS) is 16.3. The molecule has 0 spiro atoms. The Morgan fingerprint density at radius 3 is 2.86 bits per heavy atom. The van der Waals surface area contributed by atoms with E-state index in [1.165, 1.54) is 7.41 Å². The van der Waals surface area contributed by atoms with Crippen LogP contribution in [0.2, 0.25) is 0 Å². The van der Waals surface area contributed by atoms with Crippen LogP contribution in [-0.4, -0.2) is 66.1 Å². The Balaban J connectivity index is 1.63. The predicted octanol–water partition coefficient (Wildman–Crippen LogP) is 2.84. The van der Waals surface area contributed by atoms with Gasteiger partial charge in [-0.2, -0.15) is 5.26 Å². The van der Waals surface area contributed by atoms with Gasteiger partial charge in [-0.1, -0.05) is 6.92 Å². The molecule has 1 aliphatic heterocycles. The summed E-state index contributed by atoms with van der Waals surface area (Å²) >= 11 is 0. The summed E-state index contributed by atoms with van der Waals surface area (Å²) in [6, 6.07) is 11.2. The first-order chi connectivity index (χ1) is 17.9. The van der Waals surface area contributed by atoms with Gasteiger partial charge < -0.3 is 29.5 Å². The molecule has 0 amide bonds. The van der Waals surface area contributed by atoms with E-state index in [1.807, 2.05) is 32.9 Å². The van der Waals surface area contributed by atoms with Gasteiger partial charge in [-0.05, 0) is 49.7 Å². The van der Waals surface area contributed by atoms with Crippen molar-refractivity contribution in [3.05, 3.63) is 53.9 Å². The van der Waals surface area contributed by atoms with Crippen LogP contribution in [-0.2, 0) is 14.9 Å². The number of aliphatic hydroxyl groups excluding tert-OH is 1. The number of pyridine rings is 1. The van der Waals surface area contributed by atoms with Crippen LogP contribution < -0.4 is 14.9 Å². The van der Waals surface area contributed by atoms with Crippen LogP contribution in [0.5, 0.6) is 5.88 Å². The fourth-order valence-corrected chi connectivity index (χ4v) is 4.24. The number of benzene rings is 1. The average Bonchev–Trinajstić information content (AvgIpc) is 3.19. The van der Waals surface area contributed by atoms with Crippen molar-refractivity contribution in [1.82, 2.24) is 15.0 Å². The number of hydrogen-bond donors (Lipinski definition) is 2. The van der Waals surface area contributed by atoms with Gasteiger partial charge in [0.1, 0.15) is 24.5 Å². The van der Waals surface area contributed by atoms with Gasteiger partial charge in [0.2, 0.25) is 11.8 Å². The summed E-state index contributed by atoms with van der Waals surface area (Å²) in [4.78, 5) is 26.2. The average molecular weight is 499 g/mol. The molecule has 0 saturated heterocycles. The van der Waals surface area contributed by atoms with E-state index in [9.17, 15) is 15.2 Å². The maximum Gasteiger partial charge on any atom is 0.329 e. The lowest BCUT2D eigenvalue weighted by Gasteiger charge is -2.23. The van der Waals surface area contributed by atoms with Crippen molar-refractivity contribution in [2.24, 2.45) is 0 Å². The van der Waals surface area contributed by atoms with Crippen LogP contribution in [0.1, 0.15) is 31.9 Å². The fourth-order valence-electron chi connectivity index (χ4n) is 4.24. The second-order valence-electron chi connectivity index (χ2n) is 9.18. The minimum atomic E-state index is -0.647. The van der Waals surface area contributed by atoms with Crippen molar-refractivity contribution in [2.45, 2.75) is 32.3 Å². The van der Waals surface area contributed by atoms with Crippen LogP contribution in [0.15, 0.2) is 42.7 Å². The van der Waals surface area contributed by atoms with Crippen LogP contribution in [0, 0.1) is 11.3 Å². The summed E-state index contributed by atoms with van der Waals surface area (Å²) < 4.78 is 11.3. The third kappa shape index (κ3) is 5.71. The fraction of sp³-hybridized carbons (Fsp3) is 0.346. The summed E-state index contributed by atoms with van der Waals surface area (Å²) in [5, 5.41) is 23.2. The summed E-state index contributed by atoms with van der Waals surface area (Å²) in [5.41, 5.74) is 3.04. The van der Waals surface area contributed by atoms with Crippen molar-refractivity contribution in [3.63, 3.8) is 0 Å². The van der Waals surface area contributed by atoms with E-state index in [0.717, 1.165) is 5.56 Å². The number of carbonyl (C=O) groups is 1. The van der Waals surface area contributed by atoms with Gasteiger partial charge in [0.15, 0.2) is 0 Å². The number of anilines is 3. The molecule has 0 unspecified atom stereocenters. The van der Waals surface area contributed by atoms with E-state index in [2.05, 4.69) is 26.3 Å². The third-order valence-corrected chi connectivity index (χ3v) is 6.02. The number of nitriles is 1. The van der Waals surface area contributed by atoms with Crippen molar-refractivity contribution in [3.8, 4) is 23.2 Å². The molecule has 0 bridgehead atoms. The first-order valence-corrected chi connectivity index (χ1v) is 11.9. The lowest BCUT2D eigenvalue weighted by atomic mass is 9.83. The lowest BCUT2D eigenvalue weighted by molar-refractivity contribution is 0.0544. The molecule has 2 N–H and O–H groups in total. The standard InChI is InChI=1S/C26H28BN6O4/c1-17(2)36-9-10-37-24-22(5-4-7-29-24)32-25-30-8-6-21(31-25)18-11-19(13-28)23-20(12-18)26(3,15-34)14-33(23)27-16-35/h4-8,11-12,16-17,34H,9-10,14-15H2,1-3H3,(H,30,31,32)/t26-/m1/s1. The van der Waals surface area contributed by atoms with Crippen molar-refractivity contribution >= 4 is 30.9 Å². The highest BCUT2D eigenvalue weighted by atomic mass is 16.5.